The molecule has 0 aliphatic carbocycles. The summed E-state index contributed by atoms with van der Waals surface area (Å²) in [5.41, 5.74) is 4.29. The molecule has 0 saturated carbocycles. The molecule has 0 radical (unpaired) electrons. The lowest BCUT2D eigenvalue weighted by molar-refractivity contribution is 0.0673. The number of aryl methyl sites for hydroxylation is 1. The van der Waals surface area contributed by atoms with Crippen LogP contribution in [-0.4, -0.2) is 41.0 Å². The zero-order valence-electron chi connectivity index (χ0n) is 20.1. The monoisotopic (exact) mass is 472 g/mol. The maximum atomic E-state index is 13.9. The first kappa shape index (κ1) is 23.4. The first-order valence-electron chi connectivity index (χ1n) is 12.1. The zero-order valence-corrected chi connectivity index (χ0v) is 20.1. The van der Waals surface area contributed by atoms with E-state index >= 15 is 0 Å². The first-order chi connectivity index (χ1) is 17.0. The van der Waals surface area contributed by atoms with Crippen molar-refractivity contribution in [2.24, 2.45) is 0 Å². The minimum Gasteiger partial charge on any atom is -0.342 e. The lowest BCUT2D eigenvalue weighted by Crippen LogP contribution is -2.56. The van der Waals surface area contributed by atoms with Gasteiger partial charge in [0.1, 0.15) is 17.5 Å². The fourth-order valence-corrected chi connectivity index (χ4v) is 5.44. The Morgan fingerprint density at radius 1 is 0.829 bits per heavy atom. The van der Waals surface area contributed by atoms with E-state index in [-0.39, 0.29) is 17.6 Å². The average molecular weight is 473 g/mol. The number of aromatic amines is 1. The van der Waals surface area contributed by atoms with Crippen LogP contribution in [0.3, 0.4) is 0 Å². The van der Waals surface area contributed by atoms with E-state index in [4.69, 9.17) is 4.98 Å². The summed E-state index contributed by atoms with van der Waals surface area (Å²) in [6.45, 7) is 7.67. The van der Waals surface area contributed by atoms with E-state index in [2.05, 4.69) is 29.0 Å². The third kappa shape index (κ3) is 4.51. The second-order valence-corrected chi connectivity index (χ2v) is 9.35. The van der Waals surface area contributed by atoms with Crippen molar-refractivity contribution in [1.29, 1.82) is 0 Å². The smallest absolute Gasteiger partial charge is 0.137 e. The molecule has 4 aromatic rings. The number of nitrogens with one attached hydrogen (secondary N) is 2. The number of hydrogen-bond acceptors (Lipinski definition) is 3. The molecule has 6 heteroatoms. The van der Waals surface area contributed by atoms with Gasteiger partial charge >= 0.3 is 0 Å². The molecule has 2 N–H and O–H groups in total. The van der Waals surface area contributed by atoms with Crippen LogP contribution in [0.5, 0.6) is 0 Å². The number of nitrogens with zero attached hydrogens (tertiary/aromatic N) is 2. The van der Waals surface area contributed by atoms with E-state index in [1.54, 1.807) is 0 Å². The highest BCUT2D eigenvalue weighted by Crippen LogP contribution is 2.47. The first-order valence-corrected chi connectivity index (χ1v) is 12.1. The van der Waals surface area contributed by atoms with Crippen molar-refractivity contribution >= 4 is 0 Å². The van der Waals surface area contributed by atoms with Crippen LogP contribution < -0.4 is 5.32 Å². The molecule has 1 aliphatic heterocycles. The Balaban J connectivity index is 1.73. The molecule has 0 spiro atoms. The summed E-state index contributed by atoms with van der Waals surface area (Å²) >= 11 is 0. The van der Waals surface area contributed by atoms with Gasteiger partial charge in [-0.15, -0.1) is 0 Å². The van der Waals surface area contributed by atoms with E-state index in [0.717, 1.165) is 60.1 Å². The summed E-state index contributed by atoms with van der Waals surface area (Å²) in [4.78, 5) is 11.1. The van der Waals surface area contributed by atoms with Crippen molar-refractivity contribution in [2.75, 3.05) is 26.2 Å². The summed E-state index contributed by atoms with van der Waals surface area (Å²) in [7, 11) is 0. The van der Waals surface area contributed by atoms with E-state index in [1.807, 2.05) is 54.6 Å². The molecule has 4 nitrogen and oxygen atoms in total. The Bertz CT molecular complexity index is 1220. The van der Waals surface area contributed by atoms with Gasteiger partial charge in [0.05, 0.1) is 11.2 Å². The summed E-state index contributed by atoms with van der Waals surface area (Å²) in [6, 6.07) is 23.4. The highest BCUT2D eigenvalue weighted by Gasteiger charge is 2.46. The predicted octanol–water partition coefficient (Wildman–Crippen LogP) is 5.62. The number of hydrogen-bond donors (Lipinski definition) is 2. The number of rotatable bonds is 6. The summed E-state index contributed by atoms with van der Waals surface area (Å²) in [5.74, 6) is 0.0550. The number of piperazine rings is 1. The summed E-state index contributed by atoms with van der Waals surface area (Å²) in [5, 5.41) is 3.45. The number of imidazole rings is 1. The highest BCUT2D eigenvalue weighted by molar-refractivity contribution is 5.56. The topological polar surface area (TPSA) is 44.0 Å². The van der Waals surface area contributed by atoms with Gasteiger partial charge in [-0.2, -0.15) is 0 Å². The van der Waals surface area contributed by atoms with Crippen LogP contribution in [0.2, 0.25) is 0 Å². The summed E-state index contributed by atoms with van der Waals surface area (Å²) in [6.07, 6.45) is 0. The van der Waals surface area contributed by atoms with Crippen LogP contribution in [0, 0.1) is 18.6 Å². The molecule has 35 heavy (non-hydrogen) atoms. The molecule has 1 saturated heterocycles. The second-order valence-electron chi connectivity index (χ2n) is 9.35. The minimum atomic E-state index is -0.578. The number of benzene rings is 3. The van der Waals surface area contributed by atoms with Crippen molar-refractivity contribution in [1.82, 2.24) is 20.2 Å². The zero-order chi connectivity index (χ0) is 24.4. The lowest BCUT2D eigenvalue weighted by Gasteiger charge is -2.48. The third-order valence-electron chi connectivity index (χ3n) is 7.15. The van der Waals surface area contributed by atoms with E-state index in [9.17, 15) is 8.78 Å². The van der Waals surface area contributed by atoms with Crippen LogP contribution in [0.1, 0.15) is 35.4 Å². The molecule has 1 atom stereocenters. The average Bonchev–Trinajstić information content (AvgIpc) is 3.29. The largest absolute Gasteiger partial charge is 0.342 e. The Morgan fingerprint density at radius 2 is 1.37 bits per heavy atom. The molecule has 1 fully saturated rings. The number of halogens is 2. The molecule has 3 aromatic carbocycles. The molecule has 1 aliphatic rings. The Morgan fingerprint density at radius 3 is 1.91 bits per heavy atom. The Labute approximate surface area is 205 Å². The van der Waals surface area contributed by atoms with Crippen LogP contribution in [0.15, 0.2) is 78.9 Å². The molecule has 5 rings (SSSR count). The normalized spacial score (nSPS) is 16.4. The lowest BCUT2D eigenvalue weighted by atomic mass is 9.72. The molecule has 1 unspecified atom stereocenters. The van der Waals surface area contributed by atoms with Gasteiger partial charge in [0.25, 0.3) is 0 Å². The molecule has 180 valence electrons. The summed E-state index contributed by atoms with van der Waals surface area (Å²) < 4.78 is 27.9. The number of H-pyrrole nitrogens is 1. The van der Waals surface area contributed by atoms with Crippen molar-refractivity contribution in [3.8, 4) is 11.4 Å². The van der Waals surface area contributed by atoms with Gasteiger partial charge in [0.15, 0.2) is 0 Å². The van der Waals surface area contributed by atoms with Gasteiger partial charge in [0, 0.05) is 43.4 Å². The van der Waals surface area contributed by atoms with E-state index < -0.39 is 5.54 Å². The molecular formula is C29H30F2N4. The van der Waals surface area contributed by atoms with E-state index in [1.165, 1.54) is 24.3 Å². The van der Waals surface area contributed by atoms with Crippen molar-refractivity contribution in [2.45, 2.75) is 25.3 Å². The quantitative estimate of drug-likeness (QED) is 0.383. The fourth-order valence-electron chi connectivity index (χ4n) is 5.44. The van der Waals surface area contributed by atoms with Crippen LogP contribution in [-0.2, 0) is 5.54 Å². The Kier molecular flexibility index (Phi) is 6.50. The van der Waals surface area contributed by atoms with Gasteiger partial charge < -0.3 is 10.3 Å². The maximum absolute atomic E-state index is 13.9. The molecule has 0 bridgehead atoms. The fraction of sp³-hybridized carbons (Fsp3) is 0.276. The van der Waals surface area contributed by atoms with Gasteiger partial charge in [-0.05, 0) is 49.2 Å². The minimum absolute atomic E-state index is 0.201. The van der Waals surface area contributed by atoms with Gasteiger partial charge in [0.2, 0.25) is 0 Å². The SMILES string of the molecule is Cc1[nH]c(-c2ccccc2)nc1C(C)(C(c1ccc(F)cc1)c1ccc(F)cc1)N1CCNCC1. The second kappa shape index (κ2) is 9.72. The van der Waals surface area contributed by atoms with Crippen LogP contribution in [0.25, 0.3) is 11.4 Å². The standard InChI is InChI=1S/C29H30F2N4/c1-20-27(34-28(33-20)23-6-4-3-5-7-23)29(2,35-18-16-32-17-19-35)26(21-8-12-24(30)13-9-21)22-10-14-25(31)15-11-22/h3-15,26,32H,16-19H2,1-2H3,(H,33,34). The van der Waals surface area contributed by atoms with Crippen molar-refractivity contribution < 1.29 is 8.78 Å². The Hall–Kier alpha value is -3.35. The molecular weight excluding hydrogens is 442 g/mol. The number of aromatic nitrogens is 2. The molecule has 1 aromatic heterocycles. The third-order valence-corrected chi connectivity index (χ3v) is 7.15. The van der Waals surface area contributed by atoms with Crippen LogP contribution >= 0.6 is 0 Å². The van der Waals surface area contributed by atoms with Crippen molar-refractivity contribution in [3.05, 3.63) is 113 Å². The van der Waals surface area contributed by atoms with Gasteiger partial charge in [-0.1, -0.05) is 54.6 Å². The molecule has 2 heterocycles. The maximum Gasteiger partial charge on any atom is 0.137 e. The van der Waals surface area contributed by atoms with Gasteiger partial charge in [-0.3, -0.25) is 4.90 Å². The van der Waals surface area contributed by atoms with Gasteiger partial charge in [-0.25, -0.2) is 13.8 Å². The van der Waals surface area contributed by atoms with Crippen LogP contribution in [0.4, 0.5) is 8.78 Å². The van der Waals surface area contributed by atoms with Crippen molar-refractivity contribution in [3.63, 3.8) is 0 Å². The molecule has 0 amide bonds. The highest BCUT2D eigenvalue weighted by atomic mass is 19.1. The predicted molar refractivity (Wildman–Crippen MR) is 135 cm³/mol. The van der Waals surface area contributed by atoms with E-state index in [0.29, 0.717) is 0 Å².